The van der Waals surface area contributed by atoms with Crippen molar-refractivity contribution in [3.8, 4) is 0 Å². The predicted octanol–water partition coefficient (Wildman–Crippen LogP) is 2.44. The van der Waals surface area contributed by atoms with Gasteiger partial charge in [-0.25, -0.2) is 4.79 Å². The van der Waals surface area contributed by atoms with Crippen LogP contribution in [0.15, 0.2) is 28.9 Å². The third kappa shape index (κ3) is 5.56. The summed E-state index contributed by atoms with van der Waals surface area (Å²) in [4.78, 5) is 52.2. The standard InChI is InChI=1S/C24H30N4O6/c1-24(2,3)34-23(32)28-10-8-27(9-11-28)13-21(30)25-15-4-6-19-17(12-15)18(14-33-19)16-5-7-20(29)26-22(16)31/h4,6,12,14,16H,5,7-11,13H2,1-3H3,(H,25,30)(H,26,29,31). The molecule has 10 nitrogen and oxygen atoms in total. The van der Waals surface area contributed by atoms with E-state index in [2.05, 4.69) is 10.6 Å². The van der Waals surface area contributed by atoms with E-state index in [4.69, 9.17) is 9.15 Å². The second-order valence-corrected chi connectivity index (χ2v) is 9.70. The number of carbonyl (C=O) groups is 4. The molecule has 0 bridgehead atoms. The monoisotopic (exact) mass is 470 g/mol. The summed E-state index contributed by atoms with van der Waals surface area (Å²) in [5.41, 5.74) is 1.37. The molecule has 2 aromatic rings. The SMILES string of the molecule is CC(C)(C)OC(=O)N1CCN(CC(=O)Nc2ccc3occ(C4CCC(=O)NC4=O)c3c2)CC1. The molecule has 1 aromatic heterocycles. The Morgan fingerprint density at radius 3 is 2.59 bits per heavy atom. The van der Waals surface area contributed by atoms with Crippen molar-refractivity contribution in [3.63, 3.8) is 0 Å². The third-order valence-electron chi connectivity index (χ3n) is 5.89. The number of carbonyl (C=O) groups excluding carboxylic acids is 4. The molecule has 1 unspecified atom stereocenters. The Balaban J connectivity index is 1.34. The van der Waals surface area contributed by atoms with E-state index >= 15 is 0 Å². The molecule has 2 saturated heterocycles. The van der Waals surface area contributed by atoms with Crippen molar-refractivity contribution in [1.29, 1.82) is 0 Å². The van der Waals surface area contributed by atoms with Gasteiger partial charge in [-0.05, 0) is 45.4 Å². The van der Waals surface area contributed by atoms with Gasteiger partial charge in [0.2, 0.25) is 17.7 Å². The van der Waals surface area contributed by atoms with E-state index in [1.54, 1.807) is 29.4 Å². The largest absolute Gasteiger partial charge is 0.464 e. The summed E-state index contributed by atoms with van der Waals surface area (Å²) in [6.45, 7) is 7.85. The Kier molecular flexibility index (Phi) is 6.60. The van der Waals surface area contributed by atoms with Crippen LogP contribution in [0, 0.1) is 0 Å². The average Bonchev–Trinajstić information content (AvgIpc) is 3.16. The van der Waals surface area contributed by atoms with Gasteiger partial charge in [-0.2, -0.15) is 0 Å². The Morgan fingerprint density at radius 2 is 1.91 bits per heavy atom. The van der Waals surface area contributed by atoms with Crippen LogP contribution in [0.25, 0.3) is 11.0 Å². The lowest BCUT2D eigenvalue weighted by Gasteiger charge is -2.35. The normalized spacial score (nSPS) is 19.7. The molecular formula is C24H30N4O6. The van der Waals surface area contributed by atoms with Gasteiger partial charge in [-0.1, -0.05) is 0 Å². The first kappa shape index (κ1) is 23.7. The summed E-state index contributed by atoms with van der Waals surface area (Å²) in [5, 5.41) is 6.01. The van der Waals surface area contributed by atoms with Crippen LogP contribution < -0.4 is 10.6 Å². The molecule has 10 heteroatoms. The number of hydrogen-bond acceptors (Lipinski definition) is 7. The number of furan rings is 1. The van der Waals surface area contributed by atoms with Gasteiger partial charge in [0, 0.05) is 49.2 Å². The second kappa shape index (κ2) is 9.46. The number of imide groups is 1. The van der Waals surface area contributed by atoms with Crippen molar-refractivity contribution in [2.24, 2.45) is 0 Å². The van der Waals surface area contributed by atoms with Crippen molar-refractivity contribution in [2.75, 3.05) is 38.0 Å². The number of nitrogens with zero attached hydrogens (tertiary/aromatic N) is 2. The number of fused-ring (bicyclic) bond motifs is 1. The van der Waals surface area contributed by atoms with Crippen LogP contribution in [-0.2, 0) is 19.1 Å². The van der Waals surface area contributed by atoms with Crippen molar-refractivity contribution < 1.29 is 28.3 Å². The lowest BCUT2D eigenvalue weighted by molar-refractivity contribution is -0.134. The molecule has 0 spiro atoms. The van der Waals surface area contributed by atoms with E-state index in [1.165, 1.54) is 0 Å². The van der Waals surface area contributed by atoms with Crippen LogP contribution >= 0.6 is 0 Å². The highest BCUT2D eigenvalue weighted by Crippen LogP contribution is 2.33. The van der Waals surface area contributed by atoms with Gasteiger partial charge < -0.3 is 19.4 Å². The Hall–Kier alpha value is -3.40. The molecule has 0 radical (unpaired) electrons. The van der Waals surface area contributed by atoms with Crippen LogP contribution in [-0.4, -0.2) is 71.9 Å². The van der Waals surface area contributed by atoms with Gasteiger partial charge in [0.05, 0.1) is 18.7 Å². The molecule has 2 fully saturated rings. The summed E-state index contributed by atoms with van der Waals surface area (Å²) >= 11 is 0. The van der Waals surface area contributed by atoms with E-state index in [-0.39, 0.29) is 36.8 Å². The van der Waals surface area contributed by atoms with Gasteiger partial charge in [-0.3, -0.25) is 24.6 Å². The van der Waals surface area contributed by atoms with Gasteiger partial charge in [-0.15, -0.1) is 0 Å². The van der Waals surface area contributed by atoms with Gasteiger partial charge in [0.1, 0.15) is 11.2 Å². The minimum Gasteiger partial charge on any atom is -0.464 e. The molecule has 34 heavy (non-hydrogen) atoms. The number of benzene rings is 1. The van der Waals surface area contributed by atoms with Crippen molar-refractivity contribution in [2.45, 2.75) is 45.1 Å². The summed E-state index contributed by atoms with van der Waals surface area (Å²) in [7, 11) is 0. The molecule has 1 aromatic carbocycles. The van der Waals surface area contributed by atoms with E-state index in [9.17, 15) is 19.2 Å². The lowest BCUT2D eigenvalue weighted by Crippen LogP contribution is -2.51. The highest BCUT2D eigenvalue weighted by molar-refractivity contribution is 6.03. The quantitative estimate of drug-likeness (QED) is 0.659. The maximum atomic E-state index is 12.6. The van der Waals surface area contributed by atoms with E-state index in [0.29, 0.717) is 49.4 Å². The van der Waals surface area contributed by atoms with Crippen LogP contribution in [0.1, 0.15) is 45.1 Å². The molecule has 2 aliphatic heterocycles. The van der Waals surface area contributed by atoms with Gasteiger partial charge in [0.25, 0.3) is 0 Å². The summed E-state index contributed by atoms with van der Waals surface area (Å²) in [5.74, 6) is -1.24. The van der Waals surface area contributed by atoms with Crippen molar-refractivity contribution in [1.82, 2.24) is 15.1 Å². The van der Waals surface area contributed by atoms with Crippen LogP contribution in [0.5, 0.6) is 0 Å². The summed E-state index contributed by atoms with van der Waals surface area (Å²) < 4.78 is 11.0. The number of nitrogens with one attached hydrogen (secondary N) is 2. The molecule has 2 aliphatic rings. The van der Waals surface area contributed by atoms with Gasteiger partial charge in [0.15, 0.2) is 0 Å². The van der Waals surface area contributed by atoms with Gasteiger partial charge >= 0.3 is 6.09 Å². The zero-order chi connectivity index (χ0) is 24.5. The molecular weight excluding hydrogens is 440 g/mol. The van der Waals surface area contributed by atoms with E-state index < -0.39 is 11.5 Å². The Bertz CT molecular complexity index is 1110. The van der Waals surface area contributed by atoms with E-state index in [0.717, 1.165) is 5.39 Å². The fourth-order valence-corrected chi connectivity index (χ4v) is 4.21. The maximum absolute atomic E-state index is 12.6. The smallest absolute Gasteiger partial charge is 0.410 e. The predicted molar refractivity (Wildman–Crippen MR) is 124 cm³/mol. The molecule has 3 heterocycles. The third-order valence-corrected chi connectivity index (χ3v) is 5.89. The molecule has 4 amide bonds. The summed E-state index contributed by atoms with van der Waals surface area (Å²) in [6.07, 6.45) is 1.91. The number of hydrogen-bond donors (Lipinski definition) is 2. The molecule has 182 valence electrons. The maximum Gasteiger partial charge on any atom is 0.410 e. The zero-order valence-corrected chi connectivity index (χ0v) is 19.7. The molecule has 0 saturated carbocycles. The zero-order valence-electron chi connectivity index (χ0n) is 19.7. The van der Waals surface area contributed by atoms with Crippen LogP contribution in [0.2, 0.25) is 0 Å². The van der Waals surface area contributed by atoms with Crippen LogP contribution in [0.3, 0.4) is 0 Å². The number of anilines is 1. The first-order chi connectivity index (χ1) is 16.1. The fourth-order valence-electron chi connectivity index (χ4n) is 4.21. The highest BCUT2D eigenvalue weighted by Gasteiger charge is 2.31. The summed E-state index contributed by atoms with van der Waals surface area (Å²) in [6, 6.07) is 5.29. The van der Waals surface area contributed by atoms with Crippen molar-refractivity contribution in [3.05, 3.63) is 30.0 Å². The number of rotatable bonds is 4. The van der Waals surface area contributed by atoms with E-state index in [1.807, 2.05) is 25.7 Å². The highest BCUT2D eigenvalue weighted by atomic mass is 16.6. The topological polar surface area (TPSA) is 121 Å². The molecule has 2 N–H and O–H groups in total. The Labute approximate surface area is 197 Å². The molecule has 0 aliphatic carbocycles. The first-order valence-corrected chi connectivity index (χ1v) is 11.4. The second-order valence-electron chi connectivity index (χ2n) is 9.70. The number of piperidine rings is 1. The van der Waals surface area contributed by atoms with Crippen LogP contribution in [0.4, 0.5) is 10.5 Å². The minimum absolute atomic E-state index is 0.170. The molecule has 4 rings (SSSR count). The number of ether oxygens (including phenoxy) is 1. The Morgan fingerprint density at radius 1 is 1.18 bits per heavy atom. The molecule has 1 atom stereocenters. The minimum atomic E-state index is -0.539. The fraction of sp³-hybridized carbons (Fsp3) is 0.500. The first-order valence-electron chi connectivity index (χ1n) is 11.4. The number of piperazine rings is 1. The average molecular weight is 471 g/mol. The lowest BCUT2D eigenvalue weighted by atomic mass is 9.90. The number of amides is 4. The van der Waals surface area contributed by atoms with Crippen molar-refractivity contribution >= 4 is 40.5 Å².